The number of aromatic nitrogens is 1. The summed E-state index contributed by atoms with van der Waals surface area (Å²) in [6, 6.07) is 13.6. The first-order valence-electron chi connectivity index (χ1n) is 10.4. The molecule has 35 heavy (non-hydrogen) atoms. The Hall–Kier alpha value is -4.32. The van der Waals surface area contributed by atoms with Gasteiger partial charge in [-0.2, -0.15) is 13.2 Å². The van der Waals surface area contributed by atoms with Gasteiger partial charge in [0.2, 0.25) is 11.8 Å². The summed E-state index contributed by atoms with van der Waals surface area (Å²) >= 11 is 0. The van der Waals surface area contributed by atoms with Gasteiger partial charge in [0.05, 0.1) is 11.3 Å². The normalized spacial score (nSPS) is 11.2. The minimum atomic E-state index is -4.65. The standard InChI is InChI=1S/C26H21F4N3O2/c1-3-19-13-18(14-21(27)24(19)31-2)15-32-23(34)12-10-20-9-11-22(26(28,29)30)33-25(20)35-16-17-7-5-4-6-8-17/h1,4-14,31H,15-16H2,2H3,(H,32,34)/b12-10+. The Morgan fingerprint density at radius 1 is 1.14 bits per heavy atom. The van der Waals surface area contributed by atoms with Crippen molar-refractivity contribution >= 4 is 17.7 Å². The largest absolute Gasteiger partial charge is 0.472 e. The van der Waals surface area contributed by atoms with E-state index in [9.17, 15) is 22.4 Å². The van der Waals surface area contributed by atoms with Gasteiger partial charge in [-0.1, -0.05) is 36.3 Å². The molecule has 0 spiro atoms. The van der Waals surface area contributed by atoms with Crippen molar-refractivity contribution in [3.63, 3.8) is 0 Å². The van der Waals surface area contributed by atoms with Crippen LogP contribution >= 0.6 is 0 Å². The third-order valence-corrected chi connectivity index (χ3v) is 4.84. The molecule has 5 nitrogen and oxygen atoms in total. The van der Waals surface area contributed by atoms with Gasteiger partial charge in [-0.15, -0.1) is 6.42 Å². The van der Waals surface area contributed by atoms with E-state index in [0.717, 1.165) is 17.7 Å². The molecule has 0 fully saturated rings. The van der Waals surface area contributed by atoms with E-state index in [-0.39, 0.29) is 30.3 Å². The number of ether oxygens (including phenoxy) is 1. The first-order chi connectivity index (χ1) is 16.7. The molecule has 0 unspecified atom stereocenters. The third kappa shape index (κ3) is 6.84. The lowest BCUT2D eigenvalue weighted by molar-refractivity contribution is -0.141. The van der Waals surface area contributed by atoms with Crippen molar-refractivity contribution in [1.29, 1.82) is 0 Å². The zero-order valence-electron chi connectivity index (χ0n) is 18.6. The van der Waals surface area contributed by atoms with Crippen LogP contribution in [0.3, 0.4) is 0 Å². The Kier molecular flexibility index (Phi) is 8.10. The monoisotopic (exact) mass is 483 g/mol. The van der Waals surface area contributed by atoms with E-state index in [4.69, 9.17) is 11.2 Å². The molecule has 0 aliphatic rings. The van der Waals surface area contributed by atoms with Crippen LogP contribution < -0.4 is 15.4 Å². The maximum Gasteiger partial charge on any atom is 0.433 e. The molecule has 180 valence electrons. The smallest absolute Gasteiger partial charge is 0.433 e. The van der Waals surface area contributed by atoms with E-state index >= 15 is 0 Å². The Morgan fingerprint density at radius 2 is 1.89 bits per heavy atom. The summed E-state index contributed by atoms with van der Waals surface area (Å²) in [6.07, 6.45) is 3.17. The number of hydrogen-bond donors (Lipinski definition) is 2. The zero-order valence-corrected chi connectivity index (χ0v) is 18.6. The van der Waals surface area contributed by atoms with Crippen LogP contribution in [0.15, 0.2) is 60.7 Å². The van der Waals surface area contributed by atoms with Gasteiger partial charge >= 0.3 is 6.18 Å². The van der Waals surface area contributed by atoms with Gasteiger partial charge in [0.15, 0.2) is 0 Å². The number of rotatable bonds is 8. The minimum Gasteiger partial charge on any atom is -0.472 e. The molecule has 0 bridgehead atoms. The molecule has 3 aromatic rings. The van der Waals surface area contributed by atoms with E-state index < -0.39 is 23.6 Å². The van der Waals surface area contributed by atoms with Crippen molar-refractivity contribution in [3.05, 3.63) is 94.4 Å². The summed E-state index contributed by atoms with van der Waals surface area (Å²) < 4.78 is 59.1. The lowest BCUT2D eigenvalue weighted by Gasteiger charge is -2.12. The zero-order chi connectivity index (χ0) is 25.4. The number of hydrogen-bond acceptors (Lipinski definition) is 4. The summed E-state index contributed by atoms with van der Waals surface area (Å²) in [5.41, 5.74) is 0.742. The third-order valence-electron chi connectivity index (χ3n) is 4.84. The van der Waals surface area contributed by atoms with E-state index in [1.165, 1.54) is 18.2 Å². The number of terminal acetylenes is 1. The van der Waals surface area contributed by atoms with E-state index in [0.29, 0.717) is 11.1 Å². The molecule has 0 saturated carbocycles. The van der Waals surface area contributed by atoms with Crippen LogP contribution in [0.1, 0.15) is 27.9 Å². The van der Waals surface area contributed by atoms with Crippen molar-refractivity contribution in [2.75, 3.05) is 12.4 Å². The van der Waals surface area contributed by atoms with Crippen LogP contribution in [0.5, 0.6) is 5.88 Å². The average Bonchev–Trinajstić information content (AvgIpc) is 2.84. The van der Waals surface area contributed by atoms with Gasteiger partial charge in [0.25, 0.3) is 0 Å². The van der Waals surface area contributed by atoms with Crippen molar-refractivity contribution in [2.45, 2.75) is 19.3 Å². The second-order valence-corrected chi connectivity index (χ2v) is 7.31. The lowest BCUT2D eigenvalue weighted by atomic mass is 10.1. The van der Waals surface area contributed by atoms with Gasteiger partial charge in [0, 0.05) is 25.2 Å². The summed E-state index contributed by atoms with van der Waals surface area (Å²) in [4.78, 5) is 15.9. The Morgan fingerprint density at radius 3 is 2.54 bits per heavy atom. The maximum atomic E-state index is 14.2. The fourth-order valence-electron chi connectivity index (χ4n) is 3.12. The van der Waals surface area contributed by atoms with Gasteiger partial charge in [0.1, 0.15) is 18.1 Å². The van der Waals surface area contributed by atoms with Gasteiger partial charge in [-0.05, 0) is 41.5 Å². The van der Waals surface area contributed by atoms with Crippen LogP contribution in [-0.2, 0) is 24.1 Å². The predicted octanol–water partition coefficient (Wildman–Crippen LogP) is 5.17. The minimum absolute atomic E-state index is 0.00608. The number of alkyl halides is 3. The van der Waals surface area contributed by atoms with Crippen LogP contribution in [0.4, 0.5) is 23.2 Å². The molecule has 3 rings (SSSR count). The molecule has 9 heteroatoms. The fraction of sp³-hybridized carbons (Fsp3) is 0.154. The van der Waals surface area contributed by atoms with Gasteiger partial charge < -0.3 is 15.4 Å². The fourth-order valence-corrected chi connectivity index (χ4v) is 3.12. The molecule has 1 amide bonds. The lowest BCUT2D eigenvalue weighted by Crippen LogP contribution is -2.20. The molecule has 0 atom stereocenters. The molecule has 0 aliphatic carbocycles. The molecule has 2 N–H and O–H groups in total. The highest BCUT2D eigenvalue weighted by Gasteiger charge is 2.33. The van der Waals surface area contributed by atoms with Crippen molar-refractivity contribution in [1.82, 2.24) is 10.3 Å². The number of nitrogens with zero attached hydrogens (tertiary/aromatic N) is 1. The van der Waals surface area contributed by atoms with Crippen molar-refractivity contribution in [3.8, 4) is 18.2 Å². The molecule has 1 aromatic heterocycles. The highest BCUT2D eigenvalue weighted by molar-refractivity contribution is 5.92. The number of anilines is 1. The highest BCUT2D eigenvalue weighted by atomic mass is 19.4. The van der Waals surface area contributed by atoms with Crippen LogP contribution in [-0.4, -0.2) is 17.9 Å². The molecule has 0 aliphatic heterocycles. The molecular formula is C26H21F4N3O2. The number of carbonyl (C=O) groups is 1. The van der Waals surface area contributed by atoms with Crippen LogP contribution in [0.25, 0.3) is 6.08 Å². The predicted molar refractivity (Wildman–Crippen MR) is 125 cm³/mol. The molecular weight excluding hydrogens is 462 g/mol. The summed E-state index contributed by atoms with van der Waals surface area (Å²) in [5, 5.41) is 5.26. The topological polar surface area (TPSA) is 63.2 Å². The van der Waals surface area contributed by atoms with Gasteiger partial charge in [-0.3, -0.25) is 4.79 Å². The average molecular weight is 483 g/mol. The Labute approximate surface area is 199 Å². The van der Waals surface area contributed by atoms with Crippen LogP contribution in [0, 0.1) is 18.2 Å². The molecule has 2 aromatic carbocycles. The quantitative estimate of drug-likeness (QED) is 0.264. The summed E-state index contributed by atoms with van der Waals surface area (Å²) in [5.74, 6) is 0.997. The first kappa shape index (κ1) is 25.3. The van der Waals surface area contributed by atoms with E-state index in [2.05, 4.69) is 21.5 Å². The number of amides is 1. The van der Waals surface area contributed by atoms with Crippen molar-refractivity contribution < 1.29 is 27.1 Å². The number of halogens is 4. The number of benzene rings is 2. The second kappa shape index (κ2) is 11.2. The van der Waals surface area contributed by atoms with E-state index in [1.54, 1.807) is 43.4 Å². The van der Waals surface area contributed by atoms with Crippen LogP contribution in [0.2, 0.25) is 0 Å². The Bertz CT molecular complexity index is 1270. The number of nitrogens with one attached hydrogen (secondary N) is 2. The molecule has 1 heterocycles. The van der Waals surface area contributed by atoms with E-state index in [1.807, 2.05) is 0 Å². The summed E-state index contributed by atoms with van der Waals surface area (Å²) in [6.45, 7) is -0.0186. The first-order valence-corrected chi connectivity index (χ1v) is 10.4. The second-order valence-electron chi connectivity index (χ2n) is 7.31. The number of carbonyl (C=O) groups excluding carboxylic acids is 1. The molecule has 0 radical (unpaired) electrons. The van der Waals surface area contributed by atoms with Gasteiger partial charge in [-0.25, -0.2) is 9.37 Å². The number of pyridine rings is 1. The Balaban J connectivity index is 1.74. The SMILES string of the molecule is C#Cc1cc(CNC(=O)/C=C/c2ccc(C(F)(F)F)nc2OCc2ccccc2)cc(F)c1NC. The summed E-state index contributed by atoms with van der Waals surface area (Å²) in [7, 11) is 1.54. The molecule has 0 saturated heterocycles. The maximum absolute atomic E-state index is 14.2. The highest BCUT2D eigenvalue weighted by Crippen LogP contribution is 2.31. The van der Waals surface area contributed by atoms with Crippen molar-refractivity contribution in [2.24, 2.45) is 0 Å².